The number of nitrogens with zero attached hydrogens (tertiary/aromatic N) is 1. The fourth-order valence-corrected chi connectivity index (χ4v) is 2.83. The topological polar surface area (TPSA) is 63.4 Å². The number of rotatable bonds is 3. The number of nitrogens with two attached hydrogens (primary N) is 1. The minimum Gasteiger partial charge on any atom is -0.369 e. The summed E-state index contributed by atoms with van der Waals surface area (Å²) in [5.74, 6) is -0.672. The number of allylic oxidation sites excluding steroid dienone is 1. The number of carbonyl (C=O) groups is 2. The Bertz CT molecular complexity index is 583. The second-order valence-electron chi connectivity index (χ2n) is 5.33. The Morgan fingerprint density at radius 3 is 2.76 bits per heavy atom. The second kappa shape index (κ2) is 6.76. The van der Waals surface area contributed by atoms with Crippen molar-refractivity contribution in [3.63, 3.8) is 0 Å². The molecule has 2 N–H and O–H groups in total. The lowest BCUT2D eigenvalue weighted by molar-refractivity contribution is -0.130. The molecule has 0 radical (unpaired) electrons. The van der Waals surface area contributed by atoms with Gasteiger partial charge in [0.15, 0.2) is 0 Å². The van der Waals surface area contributed by atoms with Crippen LogP contribution in [0.1, 0.15) is 25.3 Å². The number of amides is 2. The van der Waals surface area contributed by atoms with Gasteiger partial charge in [-0.25, -0.2) is 0 Å². The van der Waals surface area contributed by atoms with Crippen molar-refractivity contribution in [1.29, 1.82) is 0 Å². The van der Waals surface area contributed by atoms with Gasteiger partial charge in [-0.1, -0.05) is 29.8 Å². The van der Waals surface area contributed by atoms with Gasteiger partial charge in [-0.05, 0) is 37.0 Å². The fourth-order valence-electron chi connectivity index (χ4n) is 2.54. The molecule has 0 aliphatic carbocycles. The molecule has 1 saturated heterocycles. The highest BCUT2D eigenvalue weighted by Crippen LogP contribution is 2.24. The van der Waals surface area contributed by atoms with Crippen molar-refractivity contribution in [3.8, 4) is 0 Å². The van der Waals surface area contributed by atoms with Crippen molar-refractivity contribution >= 4 is 29.0 Å². The van der Waals surface area contributed by atoms with Gasteiger partial charge in [0.05, 0.1) is 5.92 Å². The number of piperidine rings is 1. The minimum absolute atomic E-state index is 0.0987. The van der Waals surface area contributed by atoms with Gasteiger partial charge in [0.2, 0.25) is 11.8 Å². The van der Waals surface area contributed by atoms with Crippen LogP contribution in [-0.4, -0.2) is 29.8 Å². The Balaban J connectivity index is 2.11. The summed E-state index contributed by atoms with van der Waals surface area (Å²) in [6.45, 7) is 2.92. The zero-order valence-corrected chi connectivity index (χ0v) is 12.8. The molecular formula is C16H19ClN2O2. The van der Waals surface area contributed by atoms with Crippen LogP contribution in [0.25, 0.3) is 5.57 Å². The number of likely N-dealkylation sites (tertiary alicyclic amines) is 1. The van der Waals surface area contributed by atoms with Crippen LogP contribution in [0.4, 0.5) is 0 Å². The van der Waals surface area contributed by atoms with Crippen molar-refractivity contribution in [2.75, 3.05) is 13.1 Å². The van der Waals surface area contributed by atoms with Crippen LogP contribution >= 0.6 is 11.6 Å². The molecule has 1 fully saturated rings. The molecule has 2 amide bonds. The molecule has 0 saturated carbocycles. The highest BCUT2D eigenvalue weighted by Gasteiger charge is 2.26. The average Bonchev–Trinajstić information content (AvgIpc) is 2.47. The lowest BCUT2D eigenvalue weighted by atomic mass is 9.97. The van der Waals surface area contributed by atoms with E-state index in [0.717, 1.165) is 24.0 Å². The largest absolute Gasteiger partial charge is 0.369 e. The molecule has 1 aromatic rings. The fraction of sp³-hybridized carbons (Fsp3) is 0.375. The third-order valence-corrected chi connectivity index (χ3v) is 4.10. The van der Waals surface area contributed by atoms with Crippen molar-refractivity contribution in [2.24, 2.45) is 11.7 Å². The zero-order valence-electron chi connectivity index (χ0n) is 12.0. The van der Waals surface area contributed by atoms with Crippen LogP contribution < -0.4 is 5.73 Å². The third kappa shape index (κ3) is 3.85. The van der Waals surface area contributed by atoms with E-state index in [0.29, 0.717) is 18.1 Å². The number of hydrogen-bond donors (Lipinski definition) is 1. The van der Waals surface area contributed by atoms with Gasteiger partial charge in [-0.15, -0.1) is 0 Å². The molecule has 2 rings (SSSR count). The molecule has 5 heteroatoms. The normalized spacial score (nSPS) is 19.4. The van der Waals surface area contributed by atoms with Crippen molar-refractivity contribution < 1.29 is 9.59 Å². The highest BCUT2D eigenvalue weighted by atomic mass is 35.5. The smallest absolute Gasteiger partial charge is 0.246 e. The molecule has 1 aliphatic heterocycles. The van der Waals surface area contributed by atoms with Gasteiger partial charge >= 0.3 is 0 Å². The lowest BCUT2D eigenvalue weighted by Gasteiger charge is -2.30. The van der Waals surface area contributed by atoms with Crippen molar-refractivity contribution in [3.05, 3.63) is 40.9 Å². The average molecular weight is 307 g/mol. The molecule has 0 bridgehead atoms. The van der Waals surface area contributed by atoms with Crippen molar-refractivity contribution in [2.45, 2.75) is 19.8 Å². The summed E-state index contributed by atoms with van der Waals surface area (Å²) in [6, 6.07) is 7.41. The molecule has 112 valence electrons. The van der Waals surface area contributed by atoms with Crippen LogP contribution in [0.15, 0.2) is 30.3 Å². The van der Waals surface area contributed by atoms with Crippen molar-refractivity contribution in [1.82, 2.24) is 4.90 Å². The van der Waals surface area contributed by atoms with E-state index in [1.165, 1.54) is 0 Å². The molecule has 1 aromatic carbocycles. The number of hydrogen-bond acceptors (Lipinski definition) is 2. The molecule has 1 atom stereocenters. The Hall–Kier alpha value is -1.81. The number of benzene rings is 1. The van der Waals surface area contributed by atoms with Crippen LogP contribution in [-0.2, 0) is 9.59 Å². The van der Waals surface area contributed by atoms with Crippen LogP contribution in [0.5, 0.6) is 0 Å². The summed E-state index contributed by atoms with van der Waals surface area (Å²) >= 11 is 6.13. The summed E-state index contributed by atoms with van der Waals surface area (Å²) < 4.78 is 0. The minimum atomic E-state index is -0.334. The molecule has 21 heavy (non-hydrogen) atoms. The van der Waals surface area contributed by atoms with E-state index in [9.17, 15) is 9.59 Å². The monoisotopic (exact) mass is 306 g/mol. The van der Waals surface area contributed by atoms with Gasteiger partial charge in [0.1, 0.15) is 0 Å². The number of carbonyl (C=O) groups excluding carboxylic acids is 2. The maximum absolute atomic E-state index is 12.3. The molecule has 1 unspecified atom stereocenters. The molecule has 4 nitrogen and oxygen atoms in total. The summed E-state index contributed by atoms with van der Waals surface area (Å²) in [4.78, 5) is 25.3. The van der Waals surface area contributed by atoms with E-state index in [-0.39, 0.29) is 17.7 Å². The van der Waals surface area contributed by atoms with Gasteiger partial charge in [-0.3, -0.25) is 9.59 Å². The van der Waals surface area contributed by atoms with Gasteiger partial charge < -0.3 is 10.6 Å². The maximum Gasteiger partial charge on any atom is 0.246 e. The summed E-state index contributed by atoms with van der Waals surface area (Å²) in [6.07, 6.45) is 3.13. The zero-order chi connectivity index (χ0) is 15.4. The van der Waals surface area contributed by atoms with Crippen LogP contribution in [0, 0.1) is 5.92 Å². The number of halogens is 1. The third-order valence-electron chi connectivity index (χ3n) is 3.77. The lowest BCUT2D eigenvalue weighted by Crippen LogP contribution is -2.43. The van der Waals surface area contributed by atoms with E-state index in [1.807, 2.05) is 25.1 Å². The SMILES string of the molecule is C/C(=C\C(=O)N1CCCC(C(N)=O)C1)c1ccccc1Cl. The summed E-state index contributed by atoms with van der Waals surface area (Å²) in [7, 11) is 0. The van der Waals surface area contributed by atoms with Gasteiger partial charge in [0, 0.05) is 24.2 Å². The van der Waals surface area contributed by atoms with E-state index < -0.39 is 0 Å². The van der Waals surface area contributed by atoms with E-state index in [2.05, 4.69) is 0 Å². The molecule has 1 heterocycles. The Kier molecular flexibility index (Phi) is 5.02. The Morgan fingerprint density at radius 2 is 2.10 bits per heavy atom. The maximum atomic E-state index is 12.3. The second-order valence-corrected chi connectivity index (χ2v) is 5.74. The van der Waals surface area contributed by atoms with Gasteiger partial charge in [-0.2, -0.15) is 0 Å². The first-order chi connectivity index (χ1) is 9.99. The molecular weight excluding hydrogens is 288 g/mol. The van der Waals surface area contributed by atoms with Gasteiger partial charge in [0.25, 0.3) is 0 Å². The molecule has 0 spiro atoms. The standard InChI is InChI=1S/C16H19ClN2O2/c1-11(13-6-2-3-7-14(13)17)9-15(20)19-8-4-5-12(10-19)16(18)21/h2-3,6-7,9,12H,4-5,8,10H2,1H3,(H2,18,21)/b11-9+. The number of primary amides is 1. The summed E-state index contributed by atoms with van der Waals surface area (Å²) in [5, 5.41) is 0.618. The first-order valence-electron chi connectivity index (χ1n) is 7.00. The highest BCUT2D eigenvalue weighted by molar-refractivity contribution is 6.32. The van der Waals surface area contributed by atoms with E-state index in [4.69, 9.17) is 17.3 Å². The predicted octanol–water partition coefficient (Wildman–Crippen LogP) is 2.47. The van der Waals surface area contributed by atoms with E-state index >= 15 is 0 Å². The quantitative estimate of drug-likeness (QED) is 0.872. The van der Waals surface area contributed by atoms with E-state index in [1.54, 1.807) is 17.0 Å². The van der Waals surface area contributed by atoms with Crippen LogP contribution in [0.2, 0.25) is 5.02 Å². The Labute approximate surface area is 129 Å². The predicted molar refractivity (Wildman–Crippen MR) is 83.6 cm³/mol. The molecule has 0 aromatic heterocycles. The first kappa shape index (κ1) is 15.6. The summed E-state index contributed by atoms with van der Waals surface area (Å²) in [5.41, 5.74) is 6.99. The first-order valence-corrected chi connectivity index (χ1v) is 7.38. The molecule has 1 aliphatic rings. The Morgan fingerprint density at radius 1 is 1.38 bits per heavy atom. The van der Waals surface area contributed by atoms with Crippen LogP contribution in [0.3, 0.4) is 0 Å².